The van der Waals surface area contributed by atoms with E-state index in [0.29, 0.717) is 11.7 Å². The number of halogens is 1. The van der Waals surface area contributed by atoms with E-state index in [9.17, 15) is 4.79 Å². The molecule has 0 bridgehead atoms. The summed E-state index contributed by atoms with van der Waals surface area (Å²) in [5, 5.41) is 13.3. The molecule has 5 nitrogen and oxygen atoms in total. The van der Waals surface area contributed by atoms with Gasteiger partial charge in [0.25, 0.3) is 0 Å². The molecule has 2 heterocycles. The Kier molecular flexibility index (Phi) is 3.92. The third kappa shape index (κ3) is 2.65. The molecule has 0 radical (unpaired) electrons. The largest absolute Gasteiger partial charge is 0.359 e. The van der Waals surface area contributed by atoms with E-state index in [2.05, 4.69) is 20.4 Å². The monoisotopic (exact) mass is 304 g/mol. The summed E-state index contributed by atoms with van der Waals surface area (Å²) in [6.45, 7) is 1.55. The van der Waals surface area contributed by atoms with E-state index in [1.165, 1.54) is 0 Å². The van der Waals surface area contributed by atoms with Crippen LogP contribution >= 0.6 is 11.6 Å². The lowest BCUT2D eigenvalue weighted by molar-refractivity contribution is -0.124. The number of nitrogens with zero attached hydrogens (tertiary/aromatic N) is 3. The molecule has 3 rings (SSSR count). The Morgan fingerprint density at radius 3 is 2.86 bits per heavy atom. The lowest BCUT2D eigenvalue weighted by Gasteiger charge is -2.32. The van der Waals surface area contributed by atoms with E-state index in [1.54, 1.807) is 7.05 Å². The van der Waals surface area contributed by atoms with Crippen molar-refractivity contribution in [3.8, 4) is 0 Å². The summed E-state index contributed by atoms with van der Waals surface area (Å²) in [5.74, 6) is 0.898. The molecule has 0 aliphatic carbocycles. The molecule has 0 spiro atoms. The van der Waals surface area contributed by atoms with Gasteiger partial charge in [0.1, 0.15) is 0 Å². The van der Waals surface area contributed by atoms with Gasteiger partial charge in [0, 0.05) is 30.9 Å². The molecular weight excluding hydrogens is 288 g/mol. The number of hydrogen-bond donors (Lipinski definition) is 1. The minimum Gasteiger partial charge on any atom is -0.359 e. The molecule has 1 unspecified atom stereocenters. The summed E-state index contributed by atoms with van der Waals surface area (Å²) in [6.07, 6.45) is 1.88. The Labute approximate surface area is 128 Å². The maximum Gasteiger partial charge on any atom is 0.224 e. The fourth-order valence-corrected chi connectivity index (χ4v) is 3.08. The molecule has 1 atom stereocenters. The third-order valence-corrected chi connectivity index (χ3v) is 4.24. The van der Waals surface area contributed by atoms with Crippen molar-refractivity contribution in [3.05, 3.63) is 29.4 Å². The molecule has 1 fully saturated rings. The molecule has 1 saturated heterocycles. The number of benzene rings is 1. The van der Waals surface area contributed by atoms with E-state index < -0.39 is 0 Å². The number of amides is 1. The summed E-state index contributed by atoms with van der Waals surface area (Å²) in [4.78, 5) is 14.0. The van der Waals surface area contributed by atoms with Gasteiger partial charge >= 0.3 is 0 Å². The van der Waals surface area contributed by atoms with Crippen LogP contribution in [0.15, 0.2) is 24.3 Å². The van der Waals surface area contributed by atoms with Crippen LogP contribution in [-0.4, -0.2) is 36.2 Å². The molecule has 1 aromatic carbocycles. The van der Waals surface area contributed by atoms with Crippen LogP contribution in [-0.2, 0) is 4.79 Å². The van der Waals surface area contributed by atoms with Crippen LogP contribution in [0.3, 0.4) is 0 Å². The number of hydrogen-bond acceptors (Lipinski definition) is 4. The van der Waals surface area contributed by atoms with Crippen molar-refractivity contribution in [2.24, 2.45) is 5.92 Å². The van der Waals surface area contributed by atoms with Gasteiger partial charge in [0.15, 0.2) is 11.0 Å². The summed E-state index contributed by atoms with van der Waals surface area (Å²) in [7, 11) is 1.68. The average molecular weight is 305 g/mol. The molecule has 2 aromatic rings. The first kappa shape index (κ1) is 14.1. The van der Waals surface area contributed by atoms with Gasteiger partial charge in [0.2, 0.25) is 5.91 Å². The van der Waals surface area contributed by atoms with Gasteiger partial charge in [-0.25, -0.2) is 0 Å². The Morgan fingerprint density at radius 1 is 1.33 bits per heavy atom. The second-order valence-electron chi connectivity index (χ2n) is 5.26. The number of piperidine rings is 1. The van der Waals surface area contributed by atoms with Crippen LogP contribution in [0.5, 0.6) is 0 Å². The highest BCUT2D eigenvalue weighted by atomic mass is 35.5. The van der Waals surface area contributed by atoms with Crippen LogP contribution in [0, 0.1) is 5.92 Å². The van der Waals surface area contributed by atoms with Gasteiger partial charge in [-0.3, -0.25) is 4.79 Å². The molecule has 0 saturated carbocycles. The predicted octanol–water partition coefficient (Wildman–Crippen LogP) is 2.25. The number of carbonyl (C=O) groups excluding carboxylic acids is 1. The van der Waals surface area contributed by atoms with Crippen molar-refractivity contribution in [3.63, 3.8) is 0 Å². The number of aromatic nitrogens is 2. The van der Waals surface area contributed by atoms with Gasteiger partial charge in [-0.05, 0) is 12.8 Å². The molecule has 1 aliphatic heterocycles. The van der Waals surface area contributed by atoms with Crippen molar-refractivity contribution in [2.75, 3.05) is 25.0 Å². The molecule has 1 aliphatic rings. The summed E-state index contributed by atoms with van der Waals surface area (Å²) < 4.78 is 0. The number of anilines is 1. The Hall–Kier alpha value is -1.88. The van der Waals surface area contributed by atoms with Crippen molar-refractivity contribution >= 4 is 34.1 Å². The van der Waals surface area contributed by atoms with Crippen molar-refractivity contribution in [2.45, 2.75) is 12.8 Å². The Bertz CT molecular complexity index is 676. The Morgan fingerprint density at radius 2 is 2.10 bits per heavy atom. The summed E-state index contributed by atoms with van der Waals surface area (Å²) in [5.41, 5.74) is 0. The van der Waals surface area contributed by atoms with Gasteiger partial charge in [0.05, 0.1) is 5.92 Å². The maximum atomic E-state index is 11.9. The van der Waals surface area contributed by atoms with Crippen LogP contribution < -0.4 is 10.2 Å². The average Bonchev–Trinajstić information content (AvgIpc) is 2.55. The third-order valence-electron chi connectivity index (χ3n) is 3.96. The van der Waals surface area contributed by atoms with Gasteiger partial charge in [-0.1, -0.05) is 35.9 Å². The minimum atomic E-state index is -0.00000898. The zero-order valence-electron chi connectivity index (χ0n) is 11.8. The Balaban J connectivity index is 1.97. The molecule has 21 heavy (non-hydrogen) atoms. The number of carbonyl (C=O) groups is 1. The van der Waals surface area contributed by atoms with E-state index in [4.69, 9.17) is 11.6 Å². The zero-order valence-corrected chi connectivity index (χ0v) is 12.6. The first-order valence-electron chi connectivity index (χ1n) is 7.08. The SMILES string of the molecule is CNC(=O)C1CCCN(c2nnc(Cl)c3ccccc23)C1. The molecule has 1 amide bonds. The van der Waals surface area contributed by atoms with Crippen LogP contribution in [0.2, 0.25) is 5.15 Å². The minimum absolute atomic E-state index is 0.00000898. The quantitative estimate of drug-likeness (QED) is 0.924. The number of nitrogens with one attached hydrogen (secondary N) is 1. The van der Waals surface area contributed by atoms with Gasteiger partial charge in [-0.15, -0.1) is 10.2 Å². The fourth-order valence-electron chi connectivity index (χ4n) is 2.88. The molecular formula is C15H17ClN4O. The van der Waals surface area contributed by atoms with Gasteiger partial charge in [-0.2, -0.15) is 0 Å². The second kappa shape index (κ2) is 5.85. The van der Waals surface area contributed by atoms with Crippen molar-refractivity contribution in [1.82, 2.24) is 15.5 Å². The normalized spacial score (nSPS) is 18.8. The van der Waals surface area contributed by atoms with E-state index in [1.807, 2.05) is 24.3 Å². The summed E-state index contributed by atoms with van der Waals surface area (Å²) >= 11 is 6.11. The highest BCUT2D eigenvalue weighted by Crippen LogP contribution is 2.30. The van der Waals surface area contributed by atoms with Crippen LogP contribution in [0.25, 0.3) is 10.8 Å². The van der Waals surface area contributed by atoms with Crippen LogP contribution in [0.4, 0.5) is 5.82 Å². The molecule has 1 N–H and O–H groups in total. The lowest BCUT2D eigenvalue weighted by Crippen LogP contribution is -2.42. The smallest absolute Gasteiger partial charge is 0.224 e. The number of rotatable bonds is 2. The van der Waals surface area contributed by atoms with E-state index in [-0.39, 0.29) is 11.8 Å². The topological polar surface area (TPSA) is 58.1 Å². The summed E-state index contributed by atoms with van der Waals surface area (Å²) in [6, 6.07) is 7.83. The predicted molar refractivity (Wildman–Crippen MR) is 83.6 cm³/mol. The van der Waals surface area contributed by atoms with Crippen LogP contribution in [0.1, 0.15) is 12.8 Å². The molecule has 1 aromatic heterocycles. The first-order chi connectivity index (χ1) is 10.2. The van der Waals surface area contributed by atoms with Crippen molar-refractivity contribution < 1.29 is 4.79 Å². The van der Waals surface area contributed by atoms with E-state index >= 15 is 0 Å². The molecule has 110 valence electrons. The lowest BCUT2D eigenvalue weighted by atomic mass is 9.97. The van der Waals surface area contributed by atoms with Crippen molar-refractivity contribution in [1.29, 1.82) is 0 Å². The first-order valence-corrected chi connectivity index (χ1v) is 7.46. The van der Waals surface area contributed by atoms with Gasteiger partial charge < -0.3 is 10.2 Å². The fraction of sp³-hybridized carbons (Fsp3) is 0.400. The standard InChI is InChI=1S/C15H17ClN4O/c1-17-15(21)10-5-4-8-20(9-10)14-12-7-3-2-6-11(12)13(16)18-19-14/h2-3,6-7,10H,4-5,8-9H2,1H3,(H,17,21). The highest BCUT2D eigenvalue weighted by molar-refractivity contribution is 6.34. The maximum absolute atomic E-state index is 11.9. The second-order valence-corrected chi connectivity index (χ2v) is 5.62. The molecule has 6 heteroatoms. The highest BCUT2D eigenvalue weighted by Gasteiger charge is 2.27. The zero-order chi connectivity index (χ0) is 14.8. The van der Waals surface area contributed by atoms with E-state index in [0.717, 1.165) is 36.0 Å². The number of fused-ring (bicyclic) bond motifs is 1.